The average molecular weight is 242 g/mol. The van der Waals surface area contributed by atoms with Gasteiger partial charge in [0, 0.05) is 18.0 Å². The number of nitrogens with zero attached hydrogens (tertiary/aromatic N) is 6. The van der Waals surface area contributed by atoms with Gasteiger partial charge in [0.15, 0.2) is 5.65 Å². The Balaban J connectivity index is 2.06. The summed E-state index contributed by atoms with van der Waals surface area (Å²) in [4.78, 5) is 12.8. The third-order valence-corrected chi connectivity index (χ3v) is 2.91. The number of aryl methyl sites for hydroxylation is 1. The van der Waals surface area contributed by atoms with Crippen LogP contribution in [0.25, 0.3) is 5.65 Å². The van der Waals surface area contributed by atoms with Crippen LogP contribution in [-0.2, 0) is 13.0 Å². The summed E-state index contributed by atoms with van der Waals surface area (Å²) in [6.07, 6.45) is 10.8. The summed E-state index contributed by atoms with van der Waals surface area (Å²) in [6.45, 7) is 2.87. The van der Waals surface area contributed by atoms with Crippen molar-refractivity contribution < 1.29 is 0 Å². The first-order valence-electron chi connectivity index (χ1n) is 6.00. The molecule has 3 heterocycles. The lowest BCUT2D eigenvalue weighted by atomic mass is 10.1. The van der Waals surface area contributed by atoms with Gasteiger partial charge < -0.3 is 4.57 Å². The van der Waals surface area contributed by atoms with Crippen molar-refractivity contribution in [3.8, 4) is 0 Å². The first kappa shape index (κ1) is 10.9. The van der Waals surface area contributed by atoms with Crippen molar-refractivity contribution in [3.05, 3.63) is 42.6 Å². The van der Waals surface area contributed by atoms with Crippen LogP contribution in [-0.4, -0.2) is 29.1 Å². The van der Waals surface area contributed by atoms with Crippen molar-refractivity contribution in [2.45, 2.75) is 26.3 Å². The van der Waals surface area contributed by atoms with Gasteiger partial charge in [-0.1, -0.05) is 13.3 Å². The van der Waals surface area contributed by atoms with Crippen molar-refractivity contribution in [2.75, 3.05) is 0 Å². The molecule has 0 unspecified atom stereocenters. The Hall–Kier alpha value is -2.24. The highest BCUT2D eigenvalue weighted by Crippen LogP contribution is 2.15. The highest BCUT2D eigenvalue weighted by molar-refractivity contribution is 5.48. The van der Waals surface area contributed by atoms with E-state index in [1.165, 1.54) is 5.56 Å². The van der Waals surface area contributed by atoms with Crippen molar-refractivity contribution in [1.29, 1.82) is 0 Å². The molecule has 0 aliphatic carbocycles. The molecule has 0 aliphatic rings. The van der Waals surface area contributed by atoms with Crippen LogP contribution in [0.4, 0.5) is 0 Å². The van der Waals surface area contributed by atoms with Crippen LogP contribution < -0.4 is 0 Å². The van der Waals surface area contributed by atoms with Crippen LogP contribution in [0.3, 0.4) is 0 Å². The van der Waals surface area contributed by atoms with Gasteiger partial charge in [0.2, 0.25) is 0 Å². The number of aromatic nitrogens is 6. The fourth-order valence-electron chi connectivity index (χ4n) is 2.08. The lowest BCUT2D eigenvalue weighted by molar-refractivity contribution is 0.738. The molecule has 0 bridgehead atoms. The molecule has 0 N–H and O–H groups in total. The lowest BCUT2D eigenvalue weighted by Crippen LogP contribution is -2.07. The van der Waals surface area contributed by atoms with Gasteiger partial charge in [-0.05, 0) is 6.42 Å². The number of rotatable bonds is 4. The van der Waals surface area contributed by atoms with E-state index in [9.17, 15) is 0 Å². The van der Waals surface area contributed by atoms with Gasteiger partial charge in [-0.25, -0.2) is 19.5 Å². The van der Waals surface area contributed by atoms with Gasteiger partial charge in [0.25, 0.3) is 0 Å². The molecule has 0 spiro atoms. The minimum Gasteiger partial charge on any atom is -0.331 e. The zero-order valence-electron chi connectivity index (χ0n) is 10.2. The first-order valence-corrected chi connectivity index (χ1v) is 6.00. The normalized spacial score (nSPS) is 11.2. The highest BCUT2D eigenvalue weighted by Gasteiger charge is 2.11. The molecule has 0 fully saturated rings. The molecule has 0 saturated heterocycles. The summed E-state index contributed by atoms with van der Waals surface area (Å²) in [5.74, 6) is 0. The largest absolute Gasteiger partial charge is 0.331 e. The Morgan fingerprint density at radius 1 is 1.22 bits per heavy atom. The molecular weight excluding hydrogens is 228 g/mol. The molecule has 6 heteroatoms. The topological polar surface area (TPSA) is 60.9 Å². The van der Waals surface area contributed by atoms with Gasteiger partial charge >= 0.3 is 0 Å². The zero-order chi connectivity index (χ0) is 12.4. The van der Waals surface area contributed by atoms with Crippen LogP contribution in [0, 0.1) is 0 Å². The molecule has 3 aromatic heterocycles. The Morgan fingerprint density at radius 3 is 2.94 bits per heavy atom. The molecule has 0 radical (unpaired) electrons. The summed E-state index contributed by atoms with van der Waals surface area (Å²) < 4.78 is 3.73. The molecule has 3 rings (SSSR count). The molecule has 0 amide bonds. The molecule has 6 nitrogen and oxygen atoms in total. The van der Waals surface area contributed by atoms with Crippen LogP contribution in [0.2, 0.25) is 0 Å². The number of hydrogen-bond donors (Lipinski definition) is 0. The van der Waals surface area contributed by atoms with E-state index < -0.39 is 0 Å². The van der Waals surface area contributed by atoms with E-state index >= 15 is 0 Å². The molecule has 0 aromatic carbocycles. The summed E-state index contributed by atoms with van der Waals surface area (Å²) in [5.41, 5.74) is 3.11. The Kier molecular flexibility index (Phi) is 2.76. The SMILES string of the molecule is CCCc1c(Cn2ccnc2)ncn2ncnc12. The predicted octanol–water partition coefficient (Wildman–Crippen LogP) is 1.32. The third-order valence-electron chi connectivity index (χ3n) is 2.91. The Morgan fingerprint density at radius 2 is 2.17 bits per heavy atom. The van der Waals surface area contributed by atoms with E-state index in [1.807, 2.05) is 10.8 Å². The fourth-order valence-corrected chi connectivity index (χ4v) is 2.08. The summed E-state index contributed by atoms with van der Waals surface area (Å²) in [7, 11) is 0. The second kappa shape index (κ2) is 4.56. The van der Waals surface area contributed by atoms with E-state index in [1.54, 1.807) is 29.7 Å². The summed E-state index contributed by atoms with van der Waals surface area (Å²) >= 11 is 0. The van der Waals surface area contributed by atoms with Crippen molar-refractivity contribution >= 4 is 5.65 Å². The van der Waals surface area contributed by atoms with Crippen LogP contribution in [0.1, 0.15) is 24.6 Å². The predicted molar refractivity (Wildman–Crippen MR) is 66.1 cm³/mol. The minimum absolute atomic E-state index is 0.721. The molecule has 0 atom stereocenters. The summed E-state index contributed by atoms with van der Waals surface area (Å²) in [5, 5.41) is 4.12. The van der Waals surface area contributed by atoms with Crippen molar-refractivity contribution in [3.63, 3.8) is 0 Å². The molecule has 3 aromatic rings. The molecular formula is C12H14N6. The van der Waals surface area contributed by atoms with Gasteiger partial charge in [-0.3, -0.25) is 0 Å². The quantitative estimate of drug-likeness (QED) is 0.692. The van der Waals surface area contributed by atoms with Gasteiger partial charge in [-0.15, -0.1) is 0 Å². The van der Waals surface area contributed by atoms with Crippen LogP contribution in [0.15, 0.2) is 31.4 Å². The minimum atomic E-state index is 0.721. The molecule has 0 aliphatic heterocycles. The first-order chi connectivity index (χ1) is 8.88. The third kappa shape index (κ3) is 1.85. The van der Waals surface area contributed by atoms with E-state index in [-0.39, 0.29) is 0 Å². The van der Waals surface area contributed by atoms with Crippen LogP contribution in [0.5, 0.6) is 0 Å². The van der Waals surface area contributed by atoms with E-state index in [4.69, 9.17) is 0 Å². The average Bonchev–Trinajstić information content (AvgIpc) is 3.03. The Labute approximate surface area is 104 Å². The summed E-state index contributed by atoms with van der Waals surface area (Å²) in [6, 6.07) is 0. The van der Waals surface area contributed by atoms with Gasteiger partial charge in [0.05, 0.1) is 18.6 Å². The van der Waals surface area contributed by atoms with Crippen molar-refractivity contribution in [2.24, 2.45) is 0 Å². The van der Waals surface area contributed by atoms with Crippen LogP contribution >= 0.6 is 0 Å². The van der Waals surface area contributed by atoms with E-state index in [2.05, 4.69) is 27.0 Å². The molecule has 92 valence electrons. The lowest BCUT2D eigenvalue weighted by Gasteiger charge is -2.09. The smallest absolute Gasteiger partial charge is 0.162 e. The number of hydrogen-bond acceptors (Lipinski definition) is 4. The standard InChI is InChI=1S/C12H14N6/c1-2-3-10-11(6-17-5-4-13-8-17)15-9-18-12(10)14-7-16-18/h4-5,7-9H,2-3,6H2,1H3. The zero-order valence-corrected chi connectivity index (χ0v) is 10.2. The fraction of sp³-hybridized carbons (Fsp3) is 0.333. The maximum atomic E-state index is 4.48. The van der Waals surface area contributed by atoms with E-state index in [0.717, 1.165) is 30.7 Å². The molecule has 18 heavy (non-hydrogen) atoms. The monoisotopic (exact) mass is 242 g/mol. The maximum Gasteiger partial charge on any atom is 0.162 e. The Bertz CT molecular complexity index is 640. The van der Waals surface area contributed by atoms with Crippen molar-refractivity contribution in [1.82, 2.24) is 29.1 Å². The molecule has 0 saturated carbocycles. The second-order valence-electron chi connectivity index (χ2n) is 4.18. The number of imidazole rings is 1. The van der Waals surface area contributed by atoms with E-state index in [0.29, 0.717) is 0 Å². The highest BCUT2D eigenvalue weighted by atomic mass is 15.3. The van der Waals surface area contributed by atoms with Gasteiger partial charge in [-0.2, -0.15) is 5.10 Å². The van der Waals surface area contributed by atoms with Gasteiger partial charge in [0.1, 0.15) is 12.7 Å². The second-order valence-corrected chi connectivity index (χ2v) is 4.18. The number of fused-ring (bicyclic) bond motifs is 1. The maximum absolute atomic E-state index is 4.48.